The molecule has 0 atom stereocenters. The van der Waals surface area contributed by atoms with Gasteiger partial charge in [-0.3, -0.25) is 4.79 Å². The normalized spacial score (nSPS) is 10.2. The molecule has 0 bridgehead atoms. The Hall–Kier alpha value is -3.62. The van der Waals surface area contributed by atoms with Crippen LogP contribution in [0.1, 0.15) is 63.5 Å². The summed E-state index contributed by atoms with van der Waals surface area (Å²) in [5.74, 6) is -0.822. The third kappa shape index (κ3) is 13.3. The lowest BCUT2D eigenvalue weighted by Gasteiger charge is -2.07. The van der Waals surface area contributed by atoms with E-state index in [1.165, 1.54) is 37.1 Å². The highest BCUT2D eigenvalue weighted by molar-refractivity contribution is 5.69. The third-order valence-electron chi connectivity index (χ3n) is 5.11. The summed E-state index contributed by atoms with van der Waals surface area (Å²) in [7, 11) is 0. The second kappa shape index (κ2) is 17.8. The SMILES string of the molecule is CCCC(=O)OCCc1ccc(O)c(O)c1.CCCCCCNC(=O)OCCc1ccc(O)c(O)c1. The minimum Gasteiger partial charge on any atom is -0.504 e. The molecule has 0 spiro atoms. The van der Waals surface area contributed by atoms with Crippen LogP contribution in [0.15, 0.2) is 36.4 Å². The van der Waals surface area contributed by atoms with Gasteiger partial charge in [-0.2, -0.15) is 0 Å². The van der Waals surface area contributed by atoms with E-state index in [2.05, 4.69) is 12.2 Å². The van der Waals surface area contributed by atoms with Crippen molar-refractivity contribution in [1.82, 2.24) is 5.32 Å². The zero-order chi connectivity index (χ0) is 26.8. The summed E-state index contributed by atoms with van der Waals surface area (Å²) >= 11 is 0. The molecule has 9 nitrogen and oxygen atoms in total. The number of phenolic OH excluding ortho intramolecular Hbond substituents is 4. The maximum atomic E-state index is 11.4. The lowest BCUT2D eigenvalue weighted by atomic mass is 10.1. The number of ether oxygens (including phenoxy) is 2. The number of unbranched alkanes of at least 4 members (excludes halogenated alkanes) is 3. The van der Waals surface area contributed by atoms with Crippen molar-refractivity contribution in [3.63, 3.8) is 0 Å². The van der Waals surface area contributed by atoms with Crippen LogP contribution in [0.3, 0.4) is 0 Å². The van der Waals surface area contributed by atoms with Crippen LogP contribution in [-0.4, -0.2) is 52.2 Å². The number of hydrogen-bond donors (Lipinski definition) is 5. The van der Waals surface area contributed by atoms with Crippen LogP contribution in [0.4, 0.5) is 4.79 Å². The van der Waals surface area contributed by atoms with Crippen LogP contribution in [0.25, 0.3) is 0 Å². The van der Waals surface area contributed by atoms with E-state index in [0.717, 1.165) is 30.4 Å². The van der Waals surface area contributed by atoms with E-state index in [-0.39, 0.29) is 35.6 Å². The molecule has 200 valence electrons. The van der Waals surface area contributed by atoms with Gasteiger partial charge in [0.15, 0.2) is 23.0 Å². The number of nitrogens with one attached hydrogen (secondary N) is 1. The van der Waals surface area contributed by atoms with Crippen molar-refractivity contribution in [1.29, 1.82) is 0 Å². The number of hydrogen-bond acceptors (Lipinski definition) is 8. The Balaban J connectivity index is 0.000000369. The molecule has 9 heteroatoms. The maximum Gasteiger partial charge on any atom is 0.407 e. The number of esters is 1. The largest absolute Gasteiger partial charge is 0.504 e. The molecular formula is C27H39NO8. The first-order valence-electron chi connectivity index (χ1n) is 12.3. The fourth-order valence-electron chi connectivity index (χ4n) is 3.06. The summed E-state index contributed by atoms with van der Waals surface area (Å²) in [6.45, 7) is 5.23. The van der Waals surface area contributed by atoms with Gasteiger partial charge in [0.2, 0.25) is 0 Å². The Labute approximate surface area is 212 Å². The van der Waals surface area contributed by atoms with Gasteiger partial charge in [-0.15, -0.1) is 0 Å². The molecule has 2 rings (SSSR count). The fraction of sp³-hybridized carbons (Fsp3) is 0.481. The van der Waals surface area contributed by atoms with Crippen molar-refractivity contribution in [2.75, 3.05) is 19.8 Å². The molecule has 0 fully saturated rings. The number of carbonyl (C=O) groups is 2. The number of amides is 1. The second-order valence-corrected chi connectivity index (χ2v) is 8.24. The summed E-state index contributed by atoms with van der Waals surface area (Å²) in [5.41, 5.74) is 1.62. The number of rotatable bonds is 13. The van der Waals surface area contributed by atoms with Crippen molar-refractivity contribution in [3.05, 3.63) is 47.5 Å². The smallest absolute Gasteiger partial charge is 0.407 e. The molecule has 0 saturated heterocycles. The van der Waals surface area contributed by atoms with Gasteiger partial charge in [0.05, 0.1) is 13.2 Å². The van der Waals surface area contributed by atoms with Crippen LogP contribution in [0.5, 0.6) is 23.0 Å². The number of alkyl carbamates (subject to hydrolysis) is 1. The number of carbonyl (C=O) groups excluding carboxylic acids is 2. The van der Waals surface area contributed by atoms with Gasteiger partial charge in [-0.1, -0.05) is 45.2 Å². The Bertz CT molecular complexity index is 932. The Morgan fingerprint density at radius 3 is 1.78 bits per heavy atom. The first-order chi connectivity index (χ1) is 17.3. The molecule has 0 aliphatic rings. The van der Waals surface area contributed by atoms with Crippen LogP contribution in [0.2, 0.25) is 0 Å². The molecule has 0 aliphatic heterocycles. The third-order valence-corrected chi connectivity index (χ3v) is 5.11. The van der Waals surface area contributed by atoms with Crippen molar-refractivity contribution in [2.45, 2.75) is 65.2 Å². The predicted octanol–water partition coefficient (Wildman–Crippen LogP) is 4.93. The van der Waals surface area contributed by atoms with E-state index in [1.807, 2.05) is 6.92 Å². The maximum absolute atomic E-state index is 11.4. The zero-order valence-electron chi connectivity index (χ0n) is 21.2. The van der Waals surface area contributed by atoms with Gasteiger partial charge in [-0.05, 0) is 48.2 Å². The van der Waals surface area contributed by atoms with Gasteiger partial charge in [0, 0.05) is 25.8 Å². The summed E-state index contributed by atoms with van der Waals surface area (Å²) in [4.78, 5) is 22.4. The Morgan fingerprint density at radius 2 is 1.28 bits per heavy atom. The molecule has 0 aromatic heterocycles. The van der Waals surface area contributed by atoms with Crippen molar-refractivity contribution in [2.24, 2.45) is 0 Å². The molecule has 5 N–H and O–H groups in total. The fourth-order valence-corrected chi connectivity index (χ4v) is 3.06. The van der Waals surface area contributed by atoms with Gasteiger partial charge in [0.25, 0.3) is 0 Å². The lowest BCUT2D eigenvalue weighted by Crippen LogP contribution is -2.26. The van der Waals surface area contributed by atoms with E-state index in [1.54, 1.807) is 12.1 Å². The van der Waals surface area contributed by atoms with Crippen molar-refractivity contribution < 1.29 is 39.5 Å². The van der Waals surface area contributed by atoms with Gasteiger partial charge in [-0.25, -0.2) is 4.79 Å². The highest BCUT2D eigenvalue weighted by atomic mass is 16.5. The molecule has 0 unspecified atom stereocenters. The Morgan fingerprint density at radius 1 is 0.722 bits per heavy atom. The van der Waals surface area contributed by atoms with Gasteiger partial charge < -0.3 is 35.2 Å². The topological polar surface area (TPSA) is 146 Å². The molecule has 36 heavy (non-hydrogen) atoms. The molecule has 2 aromatic carbocycles. The average Bonchev–Trinajstić information content (AvgIpc) is 2.84. The summed E-state index contributed by atoms with van der Waals surface area (Å²) in [6.07, 6.45) is 6.26. The zero-order valence-corrected chi connectivity index (χ0v) is 21.2. The van der Waals surface area contributed by atoms with Gasteiger partial charge in [0.1, 0.15) is 0 Å². The van der Waals surface area contributed by atoms with Crippen LogP contribution >= 0.6 is 0 Å². The summed E-state index contributed by atoms with van der Waals surface area (Å²) in [6, 6.07) is 9.12. The highest BCUT2D eigenvalue weighted by Gasteiger charge is 2.05. The first-order valence-corrected chi connectivity index (χ1v) is 12.3. The van der Waals surface area contributed by atoms with E-state index >= 15 is 0 Å². The van der Waals surface area contributed by atoms with Crippen LogP contribution in [-0.2, 0) is 27.1 Å². The van der Waals surface area contributed by atoms with E-state index < -0.39 is 6.09 Å². The summed E-state index contributed by atoms with van der Waals surface area (Å²) in [5, 5.41) is 39.5. The minimum atomic E-state index is -0.413. The molecule has 1 amide bonds. The standard InChI is InChI=1S/C15H23NO4.C12H16O4/c1-2-3-4-5-9-16-15(19)20-10-8-12-6-7-13(17)14(18)11-12;1-2-3-12(15)16-7-6-9-4-5-10(13)11(14)8-9/h6-7,11,17-18H,2-5,8-10H2,1H3,(H,16,19);4-5,8,13-14H,2-3,6-7H2,1H3. The predicted molar refractivity (Wildman–Crippen MR) is 136 cm³/mol. The van der Waals surface area contributed by atoms with Crippen LogP contribution < -0.4 is 5.32 Å². The Kier molecular flexibility index (Phi) is 15.0. The van der Waals surface area contributed by atoms with Crippen LogP contribution in [0, 0.1) is 0 Å². The highest BCUT2D eigenvalue weighted by Crippen LogP contribution is 2.25. The molecule has 0 aliphatic carbocycles. The molecule has 0 radical (unpaired) electrons. The number of benzene rings is 2. The number of aromatic hydroxyl groups is 4. The molecule has 2 aromatic rings. The first kappa shape index (κ1) is 30.4. The monoisotopic (exact) mass is 505 g/mol. The minimum absolute atomic E-state index is 0.147. The average molecular weight is 506 g/mol. The molecule has 0 saturated carbocycles. The van der Waals surface area contributed by atoms with E-state index in [0.29, 0.717) is 32.4 Å². The second-order valence-electron chi connectivity index (χ2n) is 8.24. The van der Waals surface area contributed by atoms with E-state index in [4.69, 9.17) is 14.6 Å². The quantitative estimate of drug-likeness (QED) is 0.146. The van der Waals surface area contributed by atoms with Crippen molar-refractivity contribution >= 4 is 12.1 Å². The van der Waals surface area contributed by atoms with Gasteiger partial charge >= 0.3 is 12.1 Å². The molecular weight excluding hydrogens is 466 g/mol. The van der Waals surface area contributed by atoms with E-state index in [9.17, 15) is 24.9 Å². The molecule has 0 heterocycles. The number of phenols is 4. The lowest BCUT2D eigenvalue weighted by molar-refractivity contribution is -0.143. The van der Waals surface area contributed by atoms with Crippen molar-refractivity contribution in [3.8, 4) is 23.0 Å². The summed E-state index contributed by atoms with van der Waals surface area (Å²) < 4.78 is 10.0.